The van der Waals surface area contributed by atoms with Gasteiger partial charge in [0.25, 0.3) is 0 Å². The number of hydrogen-bond acceptors (Lipinski definition) is 4. The molecule has 0 spiro atoms. The zero-order valence-corrected chi connectivity index (χ0v) is 13.3. The molecule has 0 unspecified atom stereocenters. The monoisotopic (exact) mass is 288 g/mol. The highest BCUT2D eigenvalue weighted by molar-refractivity contribution is 5.28. The van der Waals surface area contributed by atoms with E-state index in [-0.39, 0.29) is 0 Å². The molecule has 0 atom stereocenters. The molecule has 5 heteroatoms. The van der Waals surface area contributed by atoms with E-state index >= 15 is 0 Å². The second-order valence-electron chi connectivity index (χ2n) is 5.42. The summed E-state index contributed by atoms with van der Waals surface area (Å²) >= 11 is 0. The molecule has 5 nitrogen and oxygen atoms in total. The molecule has 2 aromatic rings. The lowest BCUT2D eigenvalue weighted by atomic mass is 10.2. The summed E-state index contributed by atoms with van der Waals surface area (Å²) in [6.07, 6.45) is 4.74. The van der Waals surface area contributed by atoms with Crippen LogP contribution in [-0.4, -0.2) is 21.3 Å². The predicted molar refractivity (Wildman–Crippen MR) is 83.7 cm³/mol. The number of rotatable bonds is 7. The third-order valence-electron chi connectivity index (χ3n) is 3.24. The van der Waals surface area contributed by atoms with Crippen LogP contribution in [0.2, 0.25) is 0 Å². The van der Waals surface area contributed by atoms with Gasteiger partial charge in [-0.1, -0.05) is 13.0 Å². The highest BCUT2D eigenvalue weighted by Crippen LogP contribution is 2.21. The van der Waals surface area contributed by atoms with E-state index in [1.54, 1.807) is 6.20 Å². The van der Waals surface area contributed by atoms with Gasteiger partial charge in [-0.05, 0) is 39.3 Å². The van der Waals surface area contributed by atoms with E-state index < -0.39 is 0 Å². The molecular weight excluding hydrogens is 264 g/mol. The van der Waals surface area contributed by atoms with E-state index in [0.29, 0.717) is 17.7 Å². The van der Waals surface area contributed by atoms with Gasteiger partial charge in [0.05, 0.1) is 12.4 Å². The van der Waals surface area contributed by atoms with Crippen molar-refractivity contribution in [1.29, 1.82) is 0 Å². The minimum Gasteiger partial charge on any atom is -0.436 e. The van der Waals surface area contributed by atoms with E-state index in [1.807, 2.05) is 23.9 Å². The molecule has 2 heterocycles. The molecule has 2 aromatic heterocycles. The number of aromatic nitrogens is 3. The van der Waals surface area contributed by atoms with Crippen LogP contribution < -0.4 is 10.1 Å². The zero-order valence-electron chi connectivity index (χ0n) is 13.3. The lowest BCUT2D eigenvalue weighted by molar-refractivity contribution is 0.457. The summed E-state index contributed by atoms with van der Waals surface area (Å²) in [5.41, 5.74) is 2.20. The van der Waals surface area contributed by atoms with Gasteiger partial charge in [-0.25, -0.2) is 4.98 Å². The first kappa shape index (κ1) is 15.5. The average molecular weight is 288 g/mol. The van der Waals surface area contributed by atoms with Crippen molar-refractivity contribution in [3.63, 3.8) is 0 Å². The summed E-state index contributed by atoms with van der Waals surface area (Å²) in [7, 11) is 0. The van der Waals surface area contributed by atoms with Gasteiger partial charge in [-0.3, -0.25) is 4.68 Å². The third kappa shape index (κ3) is 4.29. The molecule has 0 aliphatic heterocycles. The fourth-order valence-corrected chi connectivity index (χ4v) is 1.99. The molecule has 0 fully saturated rings. The lowest BCUT2D eigenvalue weighted by Crippen LogP contribution is -2.15. The molecule has 1 N–H and O–H groups in total. The zero-order chi connectivity index (χ0) is 15.2. The van der Waals surface area contributed by atoms with Crippen LogP contribution in [0.25, 0.3) is 0 Å². The van der Waals surface area contributed by atoms with Crippen molar-refractivity contribution in [2.24, 2.45) is 0 Å². The molecule has 21 heavy (non-hydrogen) atoms. The first-order valence-corrected chi connectivity index (χ1v) is 7.49. The fraction of sp³-hybridized carbons (Fsp3) is 0.500. The van der Waals surface area contributed by atoms with Crippen LogP contribution in [0.3, 0.4) is 0 Å². The Hall–Kier alpha value is -1.88. The minimum absolute atomic E-state index is 0.323. The lowest BCUT2D eigenvalue weighted by Gasteiger charge is -2.09. The normalized spacial score (nSPS) is 11.1. The topological polar surface area (TPSA) is 52.0 Å². The van der Waals surface area contributed by atoms with Crippen molar-refractivity contribution >= 4 is 0 Å². The molecule has 114 valence electrons. The van der Waals surface area contributed by atoms with Crippen molar-refractivity contribution in [2.75, 3.05) is 6.54 Å². The van der Waals surface area contributed by atoms with Gasteiger partial charge >= 0.3 is 0 Å². The summed E-state index contributed by atoms with van der Waals surface area (Å²) in [4.78, 5) is 4.50. The molecular formula is C16H24N4O. The van der Waals surface area contributed by atoms with Gasteiger partial charge in [0.1, 0.15) is 0 Å². The van der Waals surface area contributed by atoms with Gasteiger partial charge < -0.3 is 10.1 Å². The fourth-order valence-electron chi connectivity index (χ4n) is 1.99. The first-order chi connectivity index (χ1) is 10.1. The highest BCUT2D eigenvalue weighted by atomic mass is 16.5. The second-order valence-corrected chi connectivity index (χ2v) is 5.42. The quantitative estimate of drug-likeness (QED) is 0.793. The van der Waals surface area contributed by atoms with Crippen molar-refractivity contribution in [1.82, 2.24) is 20.1 Å². The van der Waals surface area contributed by atoms with Gasteiger partial charge in [-0.15, -0.1) is 0 Å². The molecule has 0 aliphatic carbocycles. The molecule has 2 rings (SSSR count). The van der Waals surface area contributed by atoms with Crippen molar-refractivity contribution in [3.05, 3.63) is 35.8 Å². The van der Waals surface area contributed by atoms with Gasteiger partial charge in [0, 0.05) is 24.3 Å². The van der Waals surface area contributed by atoms with Gasteiger partial charge in [0.2, 0.25) is 5.88 Å². The molecule has 0 aromatic carbocycles. The average Bonchev–Trinajstić information content (AvgIpc) is 2.90. The predicted octanol–water partition coefficient (Wildman–Crippen LogP) is 3.46. The van der Waals surface area contributed by atoms with Gasteiger partial charge in [-0.2, -0.15) is 5.10 Å². The number of nitrogens with zero attached hydrogens (tertiary/aromatic N) is 3. The van der Waals surface area contributed by atoms with E-state index in [2.05, 4.69) is 42.2 Å². The molecule has 0 amide bonds. The van der Waals surface area contributed by atoms with Crippen molar-refractivity contribution < 1.29 is 4.74 Å². The summed E-state index contributed by atoms with van der Waals surface area (Å²) in [6, 6.07) is 4.29. The maximum atomic E-state index is 5.76. The smallest absolute Gasteiger partial charge is 0.219 e. The second kappa shape index (κ2) is 7.22. The number of ether oxygens (including phenoxy) is 1. The van der Waals surface area contributed by atoms with Crippen LogP contribution in [0.15, 0.2) is 24.5 Å². The largest absolute Gasteiger partial charge is 0.436 e. The van der Waals surface area contributed by atoms with E-state index in [4.69, 9.17) is 4.74 Å². The Morgan fingerprint density at radius 3 is 2.76 bits per heavy atom. The van der Waals surface area contributed by atoms with Gasteiger partial charge in [0.15, 0.2) is 5.75 Å². The number of aryl methyl sites for hydroxylation is 1. The first-order valence-electron chi connectivity index (χ1n) is 7.49. The van der Waals surface area contributed by atoms with Crippen LogP contribution in [0.1, 0.15) is 44.5 Å². The van der Waals surface area contributed by atoms with Crippen LogP contribution >= 0.6 is 0 Å². The van der Waals surface area contributed by atoms with Crippen molar-refractivity contribution in [3.8, 4) is 11.6 Å². The summed E-state index contributed by atoms with van der Waals surface area (Å²) in [5.74, 6) is 1.32. The van der Waals surface area contributed by atoms with Crippen molar-refractivity contribution in [2.45, 2.75) is 46.7 Å². The summed E-state index contributed by atoms with van der Waals surface area (Å²) in [6.45, 7) is 10.2. The Bertz CT molecular complexity index is 577. The molecule has 0 bridgehead atoms. The van der Waals surface area contributed by atoms with E-state index in [0.717, 1.165) is 25.2 Å². The number of nitrogens with one attached hydrogen (secondary N) is 1. The maximum absolute atomic E-state index is 5.76. The molecule has 0 saturated heterocycles. The number of pyridine rings is 1. The third-order valence-corrected chi connectivity index (χ3v) is 3.24. The molecule has 0 saturated carbocycles. The maximum Gasteiger partial charge on any atom is 0.219 e. The highest BCUT2D eigenvalue weighted by Gasteiger charge is 2.06. The van der Waals surface area contributed by atoms with E-state index in [9.17, 15) is 0 Å². The summed E-state index contributed by atoms with van der Waals surface area (Å²) in [5, 5.41) is 7.64. The minimum atomic E-state index is 0.323. The number of hydrogen-bond donors (Lipinski definition) is 1. The van der Waals surface area contributed by atoms with Crippen LogP contribution in [-0.2, 0) is 6.54 Å². The SMILES string of the molecule is CCCNCc1ccc(Oc2cnn(C(C)C)c2)nc1C. The van der Waals surface area contributed by atoms with Crippen LogP contribution in [0.4, 0.5) is 0 Å². The standard InChI is InChI=1S/C16H24N4O/c1-5-8-17-9-14-6-7-16(19-13(14)4)21-15-10-18-20(11-15)12(2)3/h6-7,10-12,17H,5,8-9H2,1-4H3. The Labute approximate surface area is 126 Å². The molecule has 0 radical (unpaired) electrons. The Morgan fingerprint density at radius 1 is 1.33 bits per heavy atom. The Morgan fingerprint density at radius 2 is 2.14 bits per heavy atom. The summed E-state index contributed by atoms with van der Waals surface area (Å²) < 4.78 is 7.62. The van der Waals surface area contributed by atoms with E-state index in [1.165, 1.54) is 5.56 Å². The van der Waals surface area contributed by atoms with Crippen LogP contribution in [0.5, 0.6) is 11.6 Å². The molecule has 0 aliphatic rings. The Balaban J connectivity index is 2.02. The Kier molecular flexibility index (Phi) is 5.33. The van der Waals surface area contributed by atoms with Crippen LogP contribution in [0, 0.1) is 6.92 Å².